The zero-order chi connectivity index (χ0) is 76.9. The highest BCUT2D eigenvalue weighted by Crippen LogP contribution is 2.48. The van der Waals surface area contributed by atoms with Gasteiger partial charge in [-0.15, -0.1) is 13.2 Å². The van der Waals surface area contributed by atoms with Crippen molar-refractivity contribution in [2.24, 2.45) is 34.1 Å². The minimum atomic E-state index is -3.90. The monoisotopic (exact) mass is 1530 g/mol. The SMILES string of the molecule is C=C[C@@H]1C[C@]1(NC(=O)[C@@H]1C[C@@H](Oc2ncc(OC)c3ccc(Cl)cc23)CN1C(=O)[C@@H](Nc1ccc(C(N)=O)cc1)C(C)(C)C)C(=O)NS(=O)(=O)C1CC1.C=C[C@@H]1C[C@]1(NC(=O)[C@@H]1C[C@@H](Oc2ncc(OC)c3ccc(Cl)cc23)CN1C(=O)[C@H](Nc1ccc(C(N)=O)cc1)C(C)(C)C)C(=O)NS(=O)(=O)C1CC1. The number of anilines is 2. The Morgan fingerprint density at radius 3 is 1.20 bits per heavy atom. The minimum absolute atomic E-state index is 0.0222. The zero-order valence-electron chi connectivity index (χ0n) is 59.7. The van der Waals surface area contributed by atoms with Crippen molar-refractivity contribution in [2.45, 2.75) is 151 Å². The third-order valence-electron chi connectivity index (χ3n) is 19.9. The second-order valence-corrected chi connectivity index (χ2v) is 34.5. The number of amides is 8. The molecule has 6 aromatic rings. The maximum absolute atomic E-state index is 14.7. The van der Waals surface area contributed by atoms with Gasteiger partial charge in [-0.25, -0.2) is 26.8 Å². The molecule has 106 heavy (non-hydrogen) atoms. The van der Waals surface area contributed by atoms with E-state index in [9.17, 15) is 55.2 Å². The summed E-state index contributed by atoms with van der Waals surface area (Å²) < 4.78 is 78.9. The van der Waals surface area contributed by atoms with Crippen molar-refractivity contribution in [3.05, 3.63) is 144 Å². The van der Waals surface area contributed by atoms with Crippen molar-refractivity contribution in [1.82, 2.24) is 39.8 Å². The van der Waals surface area contributed by atoms with Crippen LogP contribution in [-0.2, 0) is 48.8 Å². The average molecular weight is 1530 g/mol. The molecule has 8 amide bonds. The van der Waals surface area contributed by atoms with Gasteiger partial charge in [0.2, 0.25) is 67.2 Å². The fourth-order valence-corrected chi connectivity index (χ4v) is 16.4. The molecule has 2 aliphatic heterocycles. The van der Waals surface area contributed by atoms with Crippen LogP contribution in [0.4, 0.5) is 11.4 Å². The molecule has 2 saturated heterocycles. The Balaban J connectivity index is 0.000000212. The third-order valence-corrected chi connectivity index (χ3v) is 24.0. The van der Waals surface area contributed by atoms with Gasteiger partial charge in [0.25, 0.3) is 11.8 Å². The summed E-state index contributed by atoms with van der Waals surface area (Å²) in [4.78, 5) is 120. The quantitative estimate of drug-likeness (QED) is 0.0251. The summed E-state index contributed by atoms with van der Waals surface area (Å²) in [6.45, 7) is 18.7. The van der Waals surface area contributed by atoms with Gasteiger partial charge in [0.05, 0.1) is 50.2 Å². The number of pyridine rings is 2. The Morgan fingerprint density at radius 2 is 0.906 bits per heavy atom. The molecule has 0 spiro atoms. The number of rotatable bonds is 26. The molecule has 12 rings (SSSR count). The van der Waals surface area contributed by atoms with E-state index in [0.29, 0.717) is 91.3 Å². The first-order chi connectivity index (χ1) is 49.9. The lowest BCUT2D eigenvalue weighted by Gasteiger charge is -2.36. The highest BCUT2D eigenvalue weighted by molar-refractivity contribution is 7.91. The molecule has 564 valence electrons. The number of hydrogen-bond donors (Lipinski definition) is 8. The number of likely N-dealkylation sites (tertiary alicyclic amines) is 2. The number of sulfonamides is 2. The average Bonchev–Trinajstić information content (AvgIpc) is 1.58. The maximum Gasteiger partial charge on any atom is 0.259 e. The van der Waals surface area contributed by atoms with E-state index in [0.717, 1.165) is 0 Å². The Kier molecular flexibility index (Phi) is 21.8. The summed E-state index contributed by atoms with van der Waals surface area (Å²) in [5, 5.41) is 14.3. The Hall–Kier alpha value is -9.78. The molecule has 4 saturated carbocycles. The number of nitrogens with one attached hydrogen (secondary N) is 6. The van der Waals surface area contributed by atoms with Crippen LogP contribution in [0.1, 0.15) is 114 Å². The predicted octanol–water partition coefficient (Wildman–Crippen LogP) is 7.08. The first kappa shape index (κ1) is 77.3. The predicted molar refractivity (Wildman–Crippen MR) is 398 cm³/mol. The van der Waals surface area contributed by atoms with E-state index in [1.807, 2.05) is 41.5 Å². The van der Waals surface area contributed by atoms with E-state index in [1.165, 1.54) is 48.6 Å². The number of carbonyl (C=O) groups excluding carboxylic acids is 8. The number of fused-ring (bicyclic) bond motifs is 2. The van der Waals surface area contributed by atoms with Crippen LogP contribution in [0.2, 0.25) is 10.0 Å². The first-order valence-corrected chi connectivity index (χ1v) is 38.3. The van der Waals surface area contributed by atoms with E-state index in [-0.39, 0.29) is 50.5 Å². The van der Waals surface area contributed by atoms with Gasteiger partial charge in [0.15, 0.2) is 0 Å². The number of carbonyl (C=O) groups is 8. The van der Waals surface area contributed by atoms with E-state index in [4.69, 9.17) is 53.6 Å². The summed E-state index contributed by atoms with van der Waals surface area (Å²) in [7, 11) is -4.77. The highest BCUT2D eigenvalue weighted by atomic mass is 35.5. The van der Waals surface area contributed by atoms with E-state index >= 15 is 0 Å². The lowest BCUT2D eigenvalue weighted by Crippen LogP contribution is -2.58. The number of methoxy groups -OCH3 is 2. The number of halogens is 2. The normalized spacial score (nSPS) is 23.1. The molecule has 0 radical (unpaired) electrons. The first-order valence-electron chi connectivity index (χ1n) is 34.5. The van der Waals surface area contributed by atoms with E-state index in [1.54, 1.807) is 84.9 Å². The minimum Gasteiger partial charge on any atom is -0.494 e. The number of ether oxygens (including phenoxy) is 4. The Bertz CT molecular complexity index is 4470. The van der Waals surface area contributed by atoms with Crippen LogP contribution in [0, 0.1) is 22.7 Å². The highest BCUT2D eigenvalue weighted by Gasteiger charge is 2.64. The number of benzene rings is 4. The van der Waals surface area contributed by atoms with Gasteiger partial charge in [-0.2, -0.15) is 0 Å². The van der Waals surface area contributed by atoms with Crippen LogP contribution >= 0.6 is 23.2 Å². The summed E-state index contributed by atoms with van der Waals surface area (Å²) >= 11 is 12.7. The molecule has 4 aromatic carbocycles. The fourth-order valence-electron chi connectivity index (χ4n) is 13.4. The standard InChI is InChI=1S/2C37H43ClN6O8S/c2*1-6-21-17-37(21,35(48)43-53(49,50)25-12-13-25)42-32(46)28-16-24(52-33-27-15-22(38)9-14-26(27)29(51-5)18-40-33)19-44(28)34(47)30(36(2,3)4)41-23-10-7-20(8-11-23)31(39)45/h2*6-11,14-15,18,21,24-25,28,30,41H,1,12-13,16-17,19H2,2-5H3,(H2,39,45)(H,42,46)(H,43,48)/t21-,24-,28+,30+,37-;21-,24-,28+,30-,37-/m11/s1. The molecule has 4 heterocycles. The van der Waals surface area contributed by atoms with Crippen molar-refractivity contribution >= 4 is 123 Å². The molecule has 0 bridgehead atoms. The van der Waals surface area contributed by atoms with Gasteiger partial charge < -0.3 is 61.5 Å². The second kappa shape index (κ2) is 29.9. The number of nitrogens with zero attached hydrogens (tertiary/aromatic N) is 4. The Labute approximate surface area is 623 Å². The van der Waals surface area contributed by atoms with E-state index in [2.05, 4.69) is 53.8 Å². The smallest absolute Gasteiger partial charge is 0.259 e. The van der Waals surface area contributed by atoms with Crippen molar-refractivity contribution in [1.29, 1.82) is 0 Å². The topological polar surface area (TPSA) is 398 Å². The summed E-state index contributed by atoms with van der Waals surface area (Å²) in [5.74, 6) is -4.63. The molecule has 6 fully saturated rings. The molecule has 32 heteroatoms. The molecule has 4 aliphatic carbocycles. The lowest BCUT2D eigenvalue weighted by molar-refractivity contribution is -0.141. The maximum atomic E-state index is 14.7. The van der Waals surface area contributed by atoms with Gasteiger partial charge in [-0.1, -0.05) is 76.9 Å². The number of primary amides is 2. The molecular weight excluding hydrogens is 1450 g/mol. The van der Waals surface area contributed by atoms with Crippen LogP contribution in [0.5, 0.6) is 23.3 Å². The molecule has 0 unspecified atom stereocenters. The Morgan fingerprint density at radius 1 is 0.557 bits per heavy atom. The largest absolute Gasteiger partial charge is 0.494 e. The van der Waals surface area contributed by atoms with Gasteiger partial charge >= 0.3 is 0 Å². The van der Waals surface area contributed by atoms with Crippen molar-refractivity contribution in [2.75, 3.05) is 37.9 Å². The van der Waals surface area contributed by atoms with Crippen molar-refractivity contribution < 1.29 is 74.1 Å². The van der Waals surface area contributed by atoms with E-state index < -0.39 is 148 Å². The van der Waals surface area contributed by atoms with Gasteiger partial charge in [-0.3, -0.25) is 47.8 Å². The van der Waals surface area contributed by atoms with Crippen LogP contribution in [-0.4, -0.2) is 169 Å². The zero-order valence-corrected chi connectivity index (χ0v) is 62.8. The van der Waals surface area contributed by atoms with Gasteiger partial charge in [-0.05, 0) is 134 Å². The number of hydrogen-bond acceptors (Lipinski definition) is 20. The fraction of sp³-hybridized carbons (Fsp3) is 0.432. The van der Waals surface area contributed by atoms with Gasteiger partial charge in [0.1, 0.15) is 59.0 Å². The number of nitrogens with two attached hydrogens (primary N) is 2. The van der Waals surface area contributed by atoms with Crippen LogP contribution in [0.25, 0.3) is 21.5 Å². The van der Waals surface area contributed by atoms with Crippen LogP contribution in [0.3, 0.4) is 0 Å². The number of aromatic nitrogens is 2. The van der Waals surface area contributed by atoms with Crippen molar-refractivity contribution in [3.63, 3.8) is 0 Å². The summed E-state index contributed by atoms with van der Waals surface area (Å²) in [6, 6.07) is 19.1. The van der Waals surface area contributed by atoms with Gasteiger partial charge in [0, 0.05) is 78.8 Å². The molecule has 2 aromatic heterocycles. The summed E-state index contributed by atoms with van der Waals surface area (Å²) in [5.41, 5.74) is 8.03. The third kappa shape index (κ3) is 16.6. The molecule has 28 nitrogen and oxygen atoms in total. The van der Waals surface area contributed by atoms with Crippen LogP contribution < -0.4 is 61.1 Å². The molecule has 10 N–H and O–H groups in total. The van der Waals surface area contributed by atoms with Crippen LogP contribution in [0.15, 0.2) is 123 Å². The molecular formula is C74H86Cl2N12O16S2. The second-order valence-electron chi connectivity index (χ2n) is 29.7. The summed E-state index contributed by atoms with van der Waals surface area (Å²) in [6.07, 6.45) is 6.71. The van der Waals surface area contributed by atoms with Crippen molar-refractivity contribution in [3.8, 4) is 23.3 Å². The molecule has 10 atom stereocenters. The molecule has 6 aliphatic rings. The lowest BCUT2D eigenvalue weighted by atomic mass is 9.85.